The highest BCUT2D eigenvalue weighted by molar-refractivity contribution is 5.86. The maximum atomic E-state index is 11.4. The summed E-state index contributed by atoms with van der Waals surface area (Å²) in [4.78, 5) is 11.4. The molecule has 2 aromatic carbocycles. The molecular weight excluding hydrogens is 278 g/mol. The third kappa shape index (κ3) is 2.88. The summed E-state index contributed by atoms with van der Waals surface area (Å²) in [5, 5.41) is 17.1. The Hall–Kier alpha value is -2.95. The molecule has 0 spiro atoms. The number of hydrogen-bond acceptors (Lipinski definition) is 3. The maximum absolute atomic E-state index is 11.4. The topological polar surface area (TPSA) is 68.0 Å². The number of hydrogen-bond donors (Lipinski definition) is 1. The maximum Gasteiger partial charge on any atom is 0.358 e. The summed E-state index contributed by atoms with van der Waals surface area (Å²) in [5.74, 6) is -1.05. The Morgan fingerprint density at radius 1 is 0.955 bits per heavy atom. The van der Waals surface area contributed by atoms with E-state index in [0.717, 1.165) is 17.7 Å². The molecule has 1 aromatic heterocycles. The van der Waals surface area contributed by atoms with Gasteiger partial charge in [-0.25, -0.2) is 9.48 Å². The molecule has 1 heterocycles. The van der Waals surface area contributed by atoms with E-state index in [1.165, 1.54) is 0 Å². The molecule has 0 fully saturated rings. The van der Waals surface area contributed by atoms with Crippen molar-refractivity contribution >= 4 is 5.97 Å². The van der Waals surface area contributed by atoms with Crippen LogP contribution in [-0.4, -0.2) is 26.1 Å². The van der Waals surface area contributed by atoms with E-state index < -0.39 is 5.97 Å². The first-order chi connectivity index (χ1) is 10.8. The predicted octanol–water partition coefficient (Wildman–Crippen LogP) is 2.75. The van der Waals surface area contributed by atoms with Gasteiger partial charge in [0.15, 0.2) is 5.69 Å². The monoisotopic (exact) mass is 293 g/mol. The van der Waals surface area contributed by atoms with Crippen LogP contribution in [0.25, 0.3) is 5.69 Å². The normalized spacial score (nSPS) is 10.5. The van der Waals surface area contributed by atoms with Crippen LogP contribution in [0, 0.1) is 0 Å². The van der Waals surface area contributed by atoms with E-state index in [1.807, 2.05) is 60.7 Å². The minimum atomic E-state index is -1.05. The van der Waals surface area contributed by atoms with E-state index in [4.69, 9.17) is 0 Å². The number of carbonyl (C=O) groups is 1. The summed E-state index contributed by atoms with van der Waals surface area (Å²) in [7, 11) is 0. The van der Waals surface area contributed by atoms with Crippen LogP contribution in [0.2, 0.25) is 0 Å². The van der Waals surface area contributed by atoms with Gasteiger partial charge in [-0.1, -0.05) is 53.7 Å². The lowest BCUT2D eigenvalue weighted by molar-refractivity contribution is 0.0689. The SMILES string of the molecule is O=C(O)c1nnn(-c2ccccc2)c1CCc1ccccc1. The number of benzene rings is 2. The first-order valence-corrected chi connectivity index (χ1v) is 7.03. The van der Waals surface area contributed by atoms with Crippen LogP contribution in [-0.2, 0) is 12.8 Å². The molecule has 0 bridgehead atoms. The number of aromatic carboxylic acids is 1. The second-order valence-corrected chi connectivity index (χ2v) is 4.92. The van der Waals surface area contributed by atoms with Gasteiger partial charge in [-0.2, -0.15) is 0 Å². The molecule has 0 radical (unpaired) electrons. The Labute approximate surface area is 127 Å². The van der Waals surface area contributed by atoms with Crippen LogP contribution in [0.3, 0.4) is 0 Å². The average molecular weight is 293 g/mol. The van der Waals surface area contributed by atoms with E-state index >= 15 is 0 Å². The summed E-state index contributed by atoms with van der Waals surface area (Å²) < 4.78 is 1.60. The second kappa shape index (κ2) is 6.22. The highest BCUT2D eigenvalue weighted by atomic mass is 16.4. The van der Waals surface area contributed by atoms with Crippen molar-refractivity contribution in [1.29, 1.82) is 0 Å². The van der Waals surface area contributed by atoms with Gasteiger partial charge in [-0.3, -0.25) is 0 Å². The molecule has 1 N–H and O–H groups in total. The number of nitrogens with zero attached hydrogens (tertiary/aromatic N) is 3. The summed E-state index contributed by atoms with van der Waals surface area (Å²) >= 11 is 0. The van der Waals surface area contributed by atoms with E-state index in [9.17, 15) is 9.90 Å². The van der Waals surface area contributed by atoms with Crippen molar-refractivity contribution in [2.45, 2.75) is 12.8 Å². The Kier molecular flexibility index (Phi) is 3.96. The predicted molar refractivity (Wildman–Crippen MR) is 82.2 cm³/mol. The van der Waals surface area contributed by atoms with Gasteiger partial charge < -0.3 is 5.11 Å². The lowest BCUT2D eigenvalue weighted by Crippen LogP contribution is -2.08. The highest BCUT2D eigenvalue weighted by Crippen LogP contribution is 2.15. The summed E-state index contributed by atoms with van der Waals surface area (Å²) in [5.41, 5.74) is 2.59. The van der Waals surface area contributed by atoms with Crippen molar-refractivity contribution in [2.75, 3.05) is 0 Å². The molecule has 0 atom stereocenters. The van der Waals surface area contributed by atoms with E-state index in [-0.39, 0.29) is 5.69 Å². The molecule has 0 aliphatic carbocycles. The molecule has 0 saturated heterocycles. The molecule has 3 rings (SSSR count). The lowest BCUT2D eigenvalue weighted by atomic mass is 10.1. The molecule has 0 unspecified atom stereocenters. The molecule has 0 aliphatic heterocycles. The summed E-state index contributed by atoms with van der Waals surface area (Å²) in [6, 6.07) is 19.4. The summed E-state index contributed by atoms with van der Waals surface area (Å²) in [6.07, 6.45) is 1.30. The molecule has 5 heteroatoms. The molecule has 110 valence electrons. The number of para-hydroxylation sites is 1. The number of carboxylic acids is 1. The molecule has 0 amide bonds. The minimum Gasteiger partial charge on any atom is -0.476 e. The van der Waals surface area contributed by atoms with Gasteiger partial charge in [0.25, 0.3) is 0 Å². The van der Waals surface area contributed by atoms with Gasteiger partial charge in [0.05, 0.1) is 11.4 Å². The van der Waals surface area contributed by atoms with Crippen molar-refractivity contribution in [1.82, 2.24) is 15.0 Å². The van der Waals surface area contributed by atoms with Gasteiger partial charge >= 0.3 is 5.97 Å². The minimum absolute atomic E-state index is 0.0137. The Morgan fingerprint density at radius 3 is 2.23 bits per heavy atom. The molecule has 22 heavy (non-hydrogen) atoms. The van der Waals surface area contributed by atoms with Gasteiger partial charge in [0, 0.05) is 0 Å². The Bertz CT molecular complexity index is 767. The van der Waals surface area contributed by atoms with Gasteiger partial charge in [-0.15, -0.1) is 5.10 Å². The molecular formula is C17H15N3O2. The average Bonchev–Trinajstić information content (AvgIpc) is 2.99. The molecule has 0 aliphatic rings. The van der Waals surface area contributed by atoms with Crippen molar-refractivity contribution < 1.29 is 9.90 Å². The van der Waals surface area contributed by atoms with Crippen LogP contribution in [0.4, 0.5) is 0 Å². The zero-order chi connectivity index (χ0) is 15.4. The zero-order valence-corrected chi connectivity index (χ0v) is 11.9. The third-order valence-electron chi connectivity index (χ3n) is 3.46. The fraction of sp³-hybridized carbons (Fsp3) is 0.118. The first kappa shape index (κ1) is 14.0. The van der Waals surface area contributed by atoms with Crippen LogP contribution < -0.4 is 0 Å². The Balaban J connectivity index is 1.94. The quantitative estimate of drug-likeness (QED) is 0.785. The van der Waals surface area contributed by atoms with Crippen LogP contribution in [0.5, 0.6) is 0 Å². The smallest absolute Gasteiger partial charge is 0.358 e. The van der Waals surface area contributed by atoms with Gasteiger partial charge in [0.2, 0.25) is 0 Å². The van der Waals surface area contributed by atoms with Crippen LogP contribution in [0.15, 0.2) is 60.7 Å². The highest BCUT2D eigenvalue weighted by Gasteiger charge is 2.19. The van der Waals surface area contributed by atoms with Gasteiger partial charge in [-0.05, 0) is 30.5 Å². The Morgan fingerprint density at radius 2 is 1.59 bits per heavy atom. The third-order valence-corrected chi connectivity index (χ3v) is 3.46. The van der Waals surface area contributed by atoms with Crippen LogP contribution in [0.1, 0.15) is 21.7 Å². The van der Waals surface area contributed by atoms with Crippen molar-refractivity contribution in [3.8, 4) is 5.69 Å². The largest absolute Gasteiger partial charge is 0.476 e. The van der Waals surface area contributed by atoms with Crippen molar-refractivity contribution in [3.63, 3.8) is 0 Å². The number of aryl methyl sites for hydroxylation is 1. The standard InChI is InChI=1S/C17H15N3O2/c21-17(22)16-15(12-11-13-7-3-1-4-8-13)20(19-18-16)14-9-5-2-6-10-14/h1-10H,11-12H2,(H,21,22). The second-order valence-electron chi connectivity index (χ2n) is 4.92. The van der Waals surface area contributed by atoms with Gasteiger partial charge in [0.1, 0.15) is 0 Å². The van der Waals surface area contributed by atoms with Crippen molar-refractivity contribution in [3.05, 3.63) is 77.6 Å². The fourth-order valence-corrected chi connectivity index (χ4v) is 2.38. The molecule has 3 aromatic rings. The van der Waals surface area contributed by atoms with Crippen molar-refractivity contribution in [2.24, 2.45) is 0 Å². The molecule has 5 nitrogen and oxygen atoms in total. The zero-order valence-electron chi connectivity index (χ0n) is 11.9. The lowest BCUT2D eigenvalue weighted by Gasteiger charge is -2.07. The first-order valence-electron chi connectivity index (χ1n) is 7.03. The van der Waals surface area contributed by atoms with E-state index in [2.05, 4.69) is 10.3 Å². The summed E-state index contributed by atoms with van der Waals surface area (Å²) in [6.45, 7) is 0. The van der Waals surface area contributed by atoms with Crippen LogP contribution >= 0.6 is 0 Å². The molecule has 0 saturated carbocycles. The fourth-order valence-electron chi connectivity index (χ4n) is 2.38. The number of rotatable bonds is 5. The number of carboxylic acid groups (broad SMARTS) is 1. The van der Waals surface area contributed by atoms with E-state index in [1.54, 1.807) is 4.68 Å². The number of aromatic nitrogens is 3. The van der Waals surface area contributed by atoms with E-state index in [0.29, 0.717) is 12.1 Å².